The van der Waals surface area contributed by atoms with Gasteiger partial charge in [-0.2, -0.15) is 5.26 Å². The molecule has 176 valence electrons. The summed E-state index contributed by atoms with van der Waals surface area (Å²) in [6.07, 6.45) is 6.81. The molecule has 1 heterocycles. The van der Waals surface area contributed by atoms with Gasteiger partial charge in [0.15, 0.2) is 5.58 Å². The first-order valence-corrected chi connectivity index (χ1v) is 12.0. The van der Waals surface area contributed by atoms with E-state index >= 15 is 0 Å². The van der Waals surface area contributed by atoms with Gasteiger partial charge in [0.05, 0.1) is 17.3 Å². The number of nitrogens with zero attached hydrogens (tertiary/aromatic N) is 2. The number of amides is 1. The van der Waals surface area contributed by atoms with Gasteiger partial charge in [0.25, 0.3) is 5.89 Å². The number of anilines is 1. The van der Waals surface area contributed by atoms with Gasteiger partial charge in [0, 0.05) is 0 Å². The highest BCUT2D eigenvalue weighted by molar-refractivity contribution is 6.00. The van der Waals surface area contributed by atoms with E-state index in [9.17, 15) is 14.9 Å². The first kappa shape index (κ1) is 23.5. The molecule has 1 fully saturated rings. The van der Waals surface area contributed by atoms with E-state index in [2.05, 4.69) is 21.7 Å². The maximum absolute atomic E-state index is 13.4. The number of hydrogen-bond donors (Lipinski definition) is 2. The number of nitrogens with one attached hydrogen (secondary N) is 2. The summed E-state index contributed by atoms with van der Waals surface area (Å²) in [4.78, 5) is 30.9. The smallest absolute Gasteiger partial charge is 0.266 e. The molecular weight excluding hydrogens is 428 g/mol. The summed E-state index contributed by atoms with van der Waals surface area (Å²) in [6.45, 7) is 1.85. The standard InChI is InChI=1S/C27H30N4O3/c1-2-20(25(32)27-31-22-14-8-9-15-24(22)34-27)30-26(33)23(16-18-10-4-3-5-11-18)29-21-13-7-6-12-19(21)17-28/h6-9,12-15,18,20,23,29H,2-5,10-11,16H2,1H3,(H,30,33)/t20-,23-/m0/s1. The molecule has 0 radical (unpaired) electrons. The van der Waals surface area contributed by atoms with Crippen LogP contribution in [0.3, 0.4) is 0 Å². The molecule has 0 aliphatic heterocycles. The Morgan fingerprint density at radius 3 is 2.56 bits per heavy atom. The van der Waals surface area contributed by atoms with Crippen LogP contribution in [0.1, 0.15) is 68.1 Å². The molecule has 2 atom stereocenters. The summed E-state index contributed by atoms with van der Waals surface area (Å²) in [5.41, 5.74) is 2.26. The van der Waals surface area contributed by atoms with Gasteiger partial charge in [0.1, 0.15) is 17.6 Å². The van der Waals surface area contributed by atoms with Crippen molar-refractivity contribution in [2.24, 2.45) is 5.92 Å². The van der Waals surface area contributed by atoms with Crippen molar-refractivity contribution < 1.29 is 14.0 Å². The van der Waals surface area contributed by atoms with Crippen molar-refractivity contribution in [1.29, 1.82) is 5.26 Å². The Hall–Kier alpha value is -3.66. The number of carbonyl (C=O) groups is 2. The lowest BCUT2D eigenvalue weighted by atomic mass is 9.84. The van der Waals surface area contributed by atoms with Crippen LogP contribution in [0.5, 0.6) is 0 Å². The van der Waals surface area contributed by atoms with Crippen molar-refractivity contribution in [2.45, 2.75) is 64.0 Å². The monoisotopic (exact) mass is 458 g/mol. The van der Waals surface area contributed by atoms with Crippen molar-refractivity contribution in [3.05, 3.63) is 60.0 Å². The number of nitriles is 1. The number of oxazole rings is 1. The SMILES string of the molecule is CC[C@H](NC(=O)[C@H](CC1CCCCC1)Nc1ccccc1C#N)C(=O)c1nc2ccccc2o1. The zero-order chi connectivity index (χ0) is 23.9. The van der Waals surface area contributed by atoms with Crippen molar-refractivity contribution in [3.8, 4) is 6.07 Å². The third-order valence-corrected chi connectivity index (χ3v) is 6.53. The van der Waals surface area contributed by atoms with Gasteiger partial charge < -0.3 is 15.1 Å². The molecule has 2 aromatic carbocycles. The average molecular weight is 459 g/mol. The van der Waals surface area contributed by atoms with Crippen LogP contribution in [0.25, 0.3) is 11.1 Å². The molecular formula is C27H30N4O3. The number of carbonyl (C=O) groups excluding carboxylic acids is 2. The average Bonchev–Trinajstić information content (AvgIpc) is 3.31. The summed E-state index contributed by atoms with van der Waals surface area (Å²) in [6, 6.07) is 15.2. The first-order chi connectivity index (χ1) is 16.6. The van der Waals surface area contributed by atoms with E-state index in [0.717, 1.165) is 12.8 Å². The lowest BCUT2D eigenvalue weighted by Crippen LogP contribution is -2.48. The van der Waals surface area contributed by atoms with Gasteiger partial charge in [-0.3, -0.25) is 9.59 Å². The lowest BCUT2D eigenvalue weighted by Gasteiger charge is -2.28. The van der Waals surface area contributed by atoms with Crippen LogP contribution in [-0.2, 0) is 4.79 Å². The Morgan fingerprint density at radius 2 is 1.82 bits per heavy atom. The number of rotatable bonds is 9. The largest absolute Gasteiger partial charge is 0.434 e. The van der Waals surface area contributed by atoms with Crippen LogP contribution in [0.4, 0.5) is 5.69 Å². The highest BCUT2D eigenvalue weighted by Crippen LogP contribution is 2.29. The van der Waals surface area contributed by atoms with Crippen LogP contribution in [0.15, 0.2) is 52.9 Å². The molecule has 7 heteroatoms. The minimum absolute atomic E-state index is 0.0000316. The quantitative estimate of drug-likeness (QED) is 0.425. The molecule has 0 bridgehead atoms. The molecule has 0 spiro atoms. The van der Waals surface area contributed by atoms with Gasteiger partial charge in [-0.1, -0.05) is 63.3 Å². The summed E-state index contributed by atoms with van der Waals surface area (Å²) >= 11 is 0. The molecule has 4 rings (SSSR count). The number of ketones is 1. The highest BCUT2D eigenvalue weighted by Gasteiger charge is 2.30. The molecule has 3 aromatic rings. The van der Waals surface area contributed by atoms with Crippen molar-refractivity contribution in [2.75, 3.05) is 5.32 Å². The molecule has 7 nitrogen and oxygen atoms in total. The van der Waals surface area contributed by atoms with E-state index in [1.165, 1.54) is 19.3 Å². The molecule has 34 heavy (non-hydrogen) atoms. The molecule has 1 amide bonds. The number of para-hydroxylation sites is 3. The molecule has 2 N–H and O–H groups in total. The minimum atomic E-state index is -0.748. The van der Waals surface area contributed by atoms with Crippen molar-refractivity contribution in [1.82, 2.24) is 10.3 Å². The Balaban J connectivity index is 1.52. The van der Waals surface area contributed by atoms with E-state index in [4.69, 9.17) is 4.42 Å². The molecule has 1 saturated carbocycles. The third kappa shape index (κ3) is 5.45. The van der Waals surface area contributed by atoms with E-state index in [0.29, 0.717) is 41.1 Å². The summed E-state index contributed by atoms with van der Waals surface area (Å²) in [7, 11) is 0. The van der Waals surface area contributed by atoms with Gasteiger partial charge in [-0.25, -0.2) is 4.98 Å². The lowest BCUT2D eigenvalue weighted by molar-refractivity contribution is -0.122. The van der Waals surface area contributed by atoms with Crippen molar-refractivity contribution in [3.63, 3.8) is 0 Å². The molecule has 1 aliphatic rings. The Bertz CT molecular complexity index is 1160. The first-order valence-electron chi connectivity index (χ1n) is 12.0. The predicted octanol–water partition coefficient (Wildman–Crippen LogP) is 5.23. The van der Waals surface area contributed by atoms with Crippen molar-refractivity contribution >= 4 is 28.5 Å². The molecule has 1 aliphatic carbocycles. The Morgan fingerprint density at radius 1 is 1.09 bits per heavy atom. The number of hydrogen-bond acceptors (Lipinski definition) is 6. The fourth-order valence-electron chi connectivity index (χ4n) is 4.63. The second-order valence-corrected chi connectivity index (χ2v) is 8.91. The van der Waals surface area contributed by atoms with E-state index in [1.807, 2.05) is 25.1 Å². The zero-order valence-corrected chi connectivity index (χ0v) is 19.4. The predicted molar refractivity (Wildman–Crippen MR) is 130 cm³/mol. The second-order valence-electron chi connectivity index (χ2n) is 8.91. The third-order valence-electron chi connectivity index (χ3n) is 6.53. The summed E-state index contributed by atoms with van der Waals surface area (Å²) in [5, 5.41) is 15.7. The summed E-state index contributed by atoms with van der Waals surface area (Å²) in [5.74, 6) is -0.172. The number of fused-ring (bicyclic) bond motifs is 1. The number of aromatic nitrogens is 1. The fraction of sp³-hybridized carbons (Fsp3) is 0.407. The van der Waals surface area contributed by atoms with Gasteiger partial charge >= 0.3 is 0 Å². The molecule has 0 saturated heterocycles. The Labute approximate surface area is 199 Å². The maximum atomic E-state index is 13.4. The number of Topliss-reactive ketones (excluding diaryl/α,β-unsaturated/α-hetero) is 1. The highest BCUT2D eigenvalue weighted by atomic mass is 16.4. The van der Waals surface area contributed by atoms with E-state index < -0.39 is 12.1 Å². The van der Waals surface area contributed by atoms with Crippen LogP contribution >= 0.6 is 0 Å². The Kier molecular flexibility index (Phi) is 7.58. The molecule has 1 aromatic heterocycles. The zero-order valence-electron chi connectivity index (χ0n) is 19.4. The van der Waals surface area contributed by atoms with Crippen LogP contribution < -0.4 is 10.6 Å². The van der Waals surface area contributed by atoms with Crippen LogP contribution in [0.2, 0.25) is 0 Å². The molecule has 0 unspecified atom stereocenters. The normalized spacial score (nSPS) is 15.9. The second kappa shape index (κ2) is 11.0. The van der Waals surface area contributed by atoms with Gasteiger partial charge in [-0.15, -0.1) is 0 Å². The van der Waals surface area contributed by atoms with Gasteiger partial charge in [0.2, 0.25) is 11.7 Å². The number of benzene rings is 2. The fourth-order valence-corrected chi connectivity index (χ4v) is 4.63. The van der Waals surface area contributed by atoms with Gasteiger partial charge in [-0.05, 0) is 43.0 Å². The maximum Gasteiger partial charge on any atom is 0.266 e. The van der Waals surface area contributed by atoms with Crippen LogP contribution in [0, 0.1) is 17.2 Å². The van der Waals surface area contributed by atoms with E-state index in [1.54, 1.807) is 30.3 Å². The minimum Gasteiger partial charge on any atom is -0.434 e. The topological polar surface area (TPSA) is 108 Å². The summed E-state index contributed by atoms with van der Waals surface area (Å²) < 4.78 is 5.64. The van der Waals surface area contributed by atoms with Crippen LogP contribution in [-0.4, -0.2) is 28.8 Å². The van der Waals surface area contributed by atoms with E-state index in [-0.39, 0.29) is 17.6 Å².